The van der Waals surface area contributed by atoms with Gasteiger partial charge in [0.15, 0.2) is 0 Å². The molecule has 1 nitrogen and oxygen atoms in total. The molecule has 1 heteroatoms. The van der Waals surface area contributed by atoms with E-state index >= 15 is 0 Å². The second-order valence-electron chi connectivity index (χ2n) is 15.3. The van der Waals surface area contributed by atoms with E-state index in [0.29, 0.717) is 0 Å². The lowest BCUT2D eigenvalue weighted by molar-refractivity contribution is 1.28. The van der Waals surface area contributed by atoms with Crippen molar-refractivity contribution in [2.75, 3.05) is 4.90 Å². The molecule has 0 aliphatic heterocycles. The molecule has 0 unspecified atom stereocenters. The van der Waals surface area contributed by atoms with Crippen molar-refractivity contribution in [1.82, 2.24) is 0 Å². The van der Waals surface area contributed by atoms with Crippen LogP contribution in [-0.2, 0) is 0 Å². The highest BCUT2D eigenvalue weighted by molar-refractivity contribution is 6.14. The Morgan fingerprint density at radius 2 is 0.678 bits per heavy atom. The van der Waals surface area contributed by atoms with Crippen molar-refractivity contribution in [2.24, 2.45) is 0 Å². The van der Waals surface area contributed by atoms with E-state index in [0.717, 1.165) is 28.2 Å². The van der Waals surface area contributed by atoms with Crippen molar-refractivity contribution < 1.29 is 0 Å². The highest BCUT2D eigenvalue weighted by atomic mass is 15.1. The monoisotopic (exact) mass is 749 g/mol. The quantitative estimate of drug-likeness (QED) is 0.147. The van der Waals surface area contributed by atoms with E-state index < -0.39 is 0 Å². The van der Waals surface area contributed by atoms with Crippen molar-refractivity contribution in [2.45, 2.75) is 0 Å². The van der Waals surface area contributed by atoms with Crippen LogP contribution in [0.3, 0.4) is 0 Å². The van der Waals surface area contributed by atoms with Crippen LogP contribution in [0.25, 0.3) is 87.6 Å². The van der Waals surface area contributed by atoms with Gasteiger partial charge in [-0.3, -0.25) is 0 Å². The molecule has 0 aliphatic carbocycles. The van der Waals surface area contributed by atoms with Crippen LogP contribution >= 0.6 is 0 Å². The molecule has 0 N–H and O–H groups in total. The first-order valence-electron chi connectivity index (χ1n) is 20.3. The van der Waals surface area contributed by atoms with Gasteiger partial charge in [-0.15, -0.1) is 0 Å². The van der Waals surface area contributed by atoms with Crippen LogP contribution in [0.4, 0.5) is 17.1 Å². The van der Waals surface area contributed by atoms with Crippen molar-refractivity contribution in [3.05, 3.63) is 237 Å². The van der Waals surface area contributed by atoms with E-state index in [1.807, 2.05) is 0 Å². The summed E-state index contributed by atoms with van der Waals surface area (Å²) in [6.07, 6.45) is 0. The second kappa shape index (κ2) is 14.6. The summed E-state index contributed by atoms with van der Waals surface area (Å²) < 4.78 is 0. The summed E-state index contributed by atoms with van der Waals surface area (Å²) in [5, 5.41) is 10.1. The summed E-state index contributed by atoms with van der Waals surface area (Å²) in [5.74, 6) is 0. The zero-order chi connectivity index (χ0) is 39.1. The van der Waals surface area contributed by atoms with Gasteiger partial charge in [0.05, 0.1) is 5.69 Å². The smallest absolute Gasteiger partial charge is 0.0546 e. The SMILES string of the molecule is c1ccc(-c2cc(N(c3ccccc3)c3ccc(-c4cc5ccccc5c5ccccc45)cc3)c(-c3ccccc3)cc2-c2ccc3ccc4ccccc4c3c2)cc1. The molecule has 0 radical (unpaired) electrons. The molecule has 0 spiro atoms. The van der Waals surface area contributed by atoms with E-state index in [1.54, 1.807) is 0 Å². The second-order valence-corrected chi connectivity index (χ2v) is 15.3. The van der Waals surface area contributed by atoms with E-state index in [9.17, 15) is 0 Å². The number of hydrogen-bond acceptors (Lipinski definition) is 1. The summed E-state index contributed by atoms with van der Waals surface area (Å²) in [4.78, 5) is 2.43. The number of hydrogen-bond donors (Lipinski definition) is 0. The molecule has 11 aromatic carbocycles. The Balaban J connectivity index is 1.14. The molecule has 0 saturated heterocycles. The maximum Gasteiger partial charge on any atom is 0.0546 e. The van der Waals surface area contributed by atoms with Crippen LogP contribution in [-0.4, -0.2) is 0 Å². The molecule has 276 valence electrons. The lowest BCUT2D eigenvalue weighted by Gasteiger charge is -2.30. The fourth-order valence-electron chi connectivity index (χ4n) is 8.97. The van der Waals surface area contributed by atoms with Crippen molar-refractivity contribution in [3.63, 3.8) is 0 Å². The molecule has 0 saturated carbocycles. The first kappa shape index (κ1) is 34.5. The van der Waals surface area contributed by atoms with Gasteiger partial charge < -0.3 is 4.90 Å². The van der Waals surface area contributed by atoms with Gasteiger partial charge in [-0.1, -0.05) is 188 Å². The molecule has 11 aromatic rings. The number of anilines is 3. The van der Waals surface area contributed by atoms with Gasteiger partial charge in [-0.25, -0.2) is 0 Å². The third-order valence-electron chi connectivity index (χ3n) is 11.8. The Hall–Kier alpha value is -7.74. The lowest BCUT2D eigenvalue weighted by atomic mass is 9.88. The van der Waals surface area contributed by atoms with Crippen LogP contribution in [0.5, 0.6) is 0 Å². The zero-order valence-corrected chi connectivity index (χ0v) is 32.5. The van der Waals surface area contributed by atoms with Gasteiger partial charge in [0.25, 0.3) is 0 Å². The Labute approximate surface area is 344 Å². The first-order valence-corrected chi connectivity index (χ1v) is 20.3. The van der Waals surface area contributed by atoms with E-state index in [1.165, 1.54) is 76.5 Å². The molecular formula is C58H39N. The minimum atomic E-state index is 1.09. The molecule has 11 rings (SSSR count). The largest absolute Gasteiger partial charge is 0.310 e. The van der Waals surface area contributed by atoms with E-state index in [4.69, 9.17) is 0 Å². The third-order valence-corrected chi connectivity index (χ3v) is 11.8. The molecule has 0 heterocycles. The maximum absolute atomic E-state index is 2.43. The molecule has 0 bridgehead atoms. The number of benzene rings is 11. The van der Waals surface area contributed by atoms with Crippen LogP contribution in [0.15, 0.2) is 237 Å². The van der Waals surface area contributed by atoms with Crippen molar-refractivity contribution in [1.29, 1.82) is 0 Å². The Morgan fingerprint density at radius 3 is 1.37 bits per heavy atom. The summed E-state index contributed by atoms with van der Waals surface area (Å²) in [5.41, 5.74) is 12.8. The number of rotatable bonds is 7. The molecule has 0 atom stereocenters. The summed E-state index contributed by atoms with van der Waals surface area (Å²) in [6, 6.07) is 86.4. The number of fused-ring (bicyclic) bond motifs is 6. The van der Waals surface area contributed by atoms with Gasteiger partial charge in [-0.05, 0) is 131 Å². The average Bonchev–Trinajstić information content (AvgIpc) is 3.32. The van der Waals surface area contributed by atoms with Gasteiger partial charge in [0, 0.05) is 16.9 Å². The maximum atomic E-state index is 2.43. The Morgan fingerprint density at radius 1 is 0.220 bits per heavy atom. The summed E-state index contributed by atoms with van der Waals surface area (Å²) >= 11 is 0. The minimum absolute atomic E-state index is 1.09. The average molecular weight is 750 g/mol. The van der Waals surface area contributed by atoms with Crippen LogP contribution in [0.1, 0.15) is 0 Å². The molecule has 0 aliphatic rings. The molecule has 0 amide bonds. The fraction of sp³-hybridized carbons (Fsp3) is 0. The minimum Gasteiger partial charge on any atom is -0.310 e. The van der Waals surface area contributed by atoms with Crippen molar-refractivity contribution >= 4 is 60.2 Å². The van der Waals surface area contributed by atoms with Gasteiger partial charge in [-0.2, -0.15) is 0 Å². The summed E-state index contributed by atoms with van der Waals surface area (Å²) in [6.45, 7) is 0. The van der Waals surface area contributed by atoms with Crippen molar-refractivity contribution in [3.8, 4) is 44.5 Å². The standard InChI is InChI=1S/C58H39N/c1-4-16-40(17-5-1)56-39-58(57(41-18-6-2-7-19-41)38-55(56)46-31-30-43-29-28-42-20-10-12-24-49(42)53(43)37-46)59(47-22-8-3-9-23-47)48-34-32-44(33-35-48)54-36-45-21-11-13-25-50(45)51-26-14-15-27-52(51)54/h1-39H. The van der Waals surface area contributed by atoms with Crippen LogP contribution in [0.2, 0.25) is 0 Å². The van der Waals surface area contributed by atoms with Gasteiger partial charge >= 0.3 is 0 Å². The molecular weight excluding hydrogens is 711 g/mol. The molecule has 0 fully saturated rings. The highest BCUT2D eigenvalue weighted by Gasteiger charge is 2.22. The normalized spacial score (nSPS) is 11.4. The molecule has 59 heavy (non-hydrogen) atoms. The Kier molecular flexibility index (Phi) is 8.56. The van der Waals surface area contributed by atoms with E-state index in [-0.39, 0.29) is 0 Å². The predicted molar refractivity (Wildman–Crippen MR) is 253 cm³/mol. The fourth-order valence-corrected chi connectivity index (χ4v) is 8.97. The highest BCUT2D eigenvalue weighted by Crippen LogP contribution is 2.47. The lowest BCUT2D eigenvalue weighted by Crippen LogP contribution is -2.11. The first-order chi connectivity index (χ1) is 29.3. The van der Waals surface area contributed by atoms with Crippen LogP contribution in [0, 0.1) is 0 Å². The Bertz CT molecular complexity index is 3300. The third kappa shape index (κ3) is 6.21. The van der Waals surface area contributed by atoms with E-state index in [2.05, 4.69) is 241 Å². The van der Waals surface area contributed by atoms with Gasteiger partial charge in [0.1, 0.15) is 0 Å². The summed E-state index contributed by atoms with van der Waals surface area (Å²) in [7, 11) is 0. The van der Waals surface area contributed by atoms with Crippen LogP contribution < -0.4 is 4.90 Å². The predicted octanol–water partition coefficient (Wildman–Crippen LogP) is 16.4. The topological polar surface area (TPSA) is 3.24 Å². The number of nitrogens with zero attached hydrogens (tertiary/aromatic N) is 1. The molecule has 0 aromatic heterocycles. The number of para-hydroxylation sites is 1. The zero-order valence-electron chi connectivity index (χ0n) is 32.5. The van der Waals surface area contributed by atoms with Gasteiger partial charge in [0.2, 0.25) is 0 Å².